The van der Waals surface area contributed by atoms with Gasteiger partial charge in [0.15, 0.2) is 5.82 Å². The lowest BCUT2D eigenvalue weighted by molar-refractivity contribution is -0.137. The Balaban J connectivity index is 1.50. The molecule has 0 aliphatic carbocycles. The summed E-state index contributed by atoms with van der Waals surface area (Å²) < 4.78 is 43.7. The number of hydrogen-bond donors (Lipinski definition) is 0. The molecule has 0 aliphatic heterocycles. The van der Waals surface area contributed by atoms with Gasteiger partial charge >= 0.3 is 6.18 Å². The fourth-order valence-electron chi connectivity index (χ4n) is 4.89. The molecule has 0 spiro atoms. The standard InChI is InChI=1S/C32H23F3N4O/c1-21-8-6-9-22(16-21)19-38-20-24(26-12-3-5-15-29(26)38)18-36-39-30(23-10-7-11-25(17-23)32(33,34)35)37-28-14-4-2-13-27(28)31(39)40/h2-18,20H,19H2,1H3. The fourth-order valence-corrected chi connectivity index (χ4v) is 4.89. The summed E-state index contributed by atoms with van der Waals surface area (Å²) >= 11 is 0. The van der Waals surface area contributed by atoms with Gasteiger partial charge in [0.2, 0.25) is 0 Å². The molecular weight excluding hydrogens is 513 g/mol. The Morgan fingerprint density at radius 3 is 2.42 bits per heavy atom. The summed E-state index contributed by atoms with van der Waals surface area (Å²) in [5.41, 5.74) is 3.27. The minimum absolute atomic E-state index is 0.0227. The van der Waals surface area contributed by atoms with Crippen LogP contribution in [0.3, 0.4) is 0 Å². The zero-order chi connectivity index (χ0) is 27.9. The molecule has 0 saturated heterocycles. The number of hydrogen-bond acceptors (Lipinski definition) is 3. The van der Waals surface area contributed by atoms with E-state index in [0.717, 1.165) is 38.8 Å². The molecule has 0 amide bonds. The fraction of sp³-hybridized carbons (Fsp3) is 0.0938. The lowest BCUT2D eigenvalue weighted by atomic mass is 10.1. The van der Waals surface area contributed by atoms with Crippen LogP contribution in [0.5, 0.6) is 0 Å². The Morgan fingerprint density at radius 1 is 0.875 bits per heavy atom. The monoisotopic (exact) mass is 536 g/mol. The smallest absolute Gasteiger partial charge is 0.342 e. The number of nitrogens with zero attached hydrogens (tertiary/aromatic N) is 4. The normalized spacial score (nSPS) is 12.1. The van der Waals surface area contributed by atoms with Gasteiger partial charge in [-0.25, -0.2) is 4.98 Å². The molecule has 4 aromatic carbocycles. The van der Waals surface area contributed by atoms with Crippen molar-refractivity contribution in [3.05, 3.63) is 136 Å². The van der Waals surface area contributed by atoms with E-state index in [-0.39, 0.29) is 11.4 Å². The number of aromatic nitrogens is 3. The Kier molecular flexibility index (Phi) is 6.30. The van der Waals surface area contributed by atoms with Crippen LogP contribution in [-0.2, 0) is 12.7 Å². The lowest BCUT2D eigenvalue weighted by Crippen LogP contribution is -2.20. The van der Waals surface area contributed by atoms with Gasteiger partial charge in [-0.3, -0.25) is 4.79 Å². The Bertz CT molecular complexity index is 1970. The van der Waals surface area contributed by atoms with Crippen molar-refractivity contribution in [3.8, 4) is 11.4 Å². The summed E-state index contributed by atoms with van der Waals surface area (Å²) in [5, 5.41) is 5.75. The lowest BCUT2D eigenvalue weighted by Gasteiger charge is -2.12. The van der Waals surface area contributed by atoms with Crippen molar-refractivity contribution in [2.45, 2.75) is 19.6 Å². The van der Waals surface area contributed by atoms with E-state index in [0.29, 0.717) is 17.4 Å². The second kappa shape index (κ2) is 9.96. The summed E-state index contributed by atoms with van der Waals surface area (Å²) in [6.45, 7) is 2.69. The van der Waals surface area contributed by atoms with Gasteiger partial charge in [0, 0.05) is 34.8 Å². The molecule has 0 atom stereocenters. The summed E-state index contributed by atoms with van der Waals surface area (Å²) in [7, 11) is 0. The third-order valence-corrected chi connectivity index (χ3v) is 6.77. The minimum atomic E-state index is -4.54. The van der Waals surface area contributed by atoms with E-state index in [1.807, 2.05) is 49.5 Å². The zero-order valence-corrected chi connectivity index (χ0v) is 21.4. The van der Waals surface area contributed by atoms with Gasteiger partial charge in [-0.15, -0.1) is 0 Å². The Hall–Kier alpha value is -4.98. The molecule has 0 N–H and O–H groups in total. The molecule has 0 fully saturated rings. The molecule has 198 valence electrons. The maximum Gasteiger partial charge on any atom is 0.416 e. The highest BCUT2D eigenvalue weighted by Gasteiger charge is 2.31. The topological polar surface area (TPSA) is 52.2 Å². The SMILES string of the molecule is Cc1cccc(Cn2cc(C=Nn3c(-c4cccc(C(F)(F)F)c4)nc4ccccc4c3=O)c3ccccc32)c1. The van der Waals surface area contributed by atoms with E-state index in [1.54, 1.807) is 30.5 Å². The largest absolute Gasteiger partial charge is 0.416 e. The van der Waals surface area contributed by atoms with E-state index >= 15 is 0 Å². The van der Waals surface area contributed by atoms with Crippen molar-refractivity contribution in [1.29, 1.82) is 0 Å². The minimum Gasteiger partial charge on any atom is -0.342 e. The predicted molar refractivity (Wildman–Crippen MR) is 152 cm³/mol. The van der Waals surface area contributed by atoms with Crippen LogP contribution < -0.4 is 5.56 Å². The highest BCUT2D eigenvalue weighted by atomic mass is 19.4. The van der Waals surface area contributed by atoms with Crippen LogP contribution in [0.15, 0.2) is 113 Å². The molecule has 0 bridgehead atoms. The number of aryl methyl sites for hydroxylation is 1. The van der Waals surface area contributed by atoms with E-state index in [2.05, 4.69) is 26.8 Å². The van der Waals surface area contributed by atoms with E-state index in [9.17, 15) is 18.0 Å². The second-order valence-electron chi connectivity index (χ2n) is 9.61. The number of alkyl halides is 3. The summed E-state index contributed by atoms with van der Waals surface area (Å²) in [6, 6.07) is 27.6. The molecule has 2 heterocycles. The predicted octanol–water partition coefficient (Wildman–Crippen LogP) is 7.28. The average Bonchev–Trinajstić information content (AvgIpc) is 3.29. The molecule has 0 radical (unpaired) electrons. The zero-order valence-electron chi connectivity index (χ0n) is 21.4. The van der Waals surface area contributed by atoms with Crippen LogP contribution >= 0.6 is 0 Å². The van der Waals surface area contributed by atoms with Gasteiger partial charge in [0.1, 0.15) is 0 Å². The second-order valence-corrected chi connectivity index (χ2v) is 9.61. The van der Waals surface area contributed by atoms with Gasteiger partial charge in [-0.05, 0) is 42.8 Å². The summed E-state index contributed by atoms with van der Waals surface area (Å²) in [5.74, 6) is 0.0227. The van der Waals surface area contributed by atoms with Crippen molar-refractivity contribution >= 4 is 28.0 Å². The third-order valence-electron chi connectivity index (χ3n) is 6.77. The van der Waals surface area contributed by atoms with Gasteiger partial charge in [0.05, 0.1) is 22.7 Å². The Morgan fingerprint density at radius 2 is 1.62 bits per heavy atom. The van der Waals surface area contributed by atoms with Gasteiger partial charge in [-0.1, -0.05) is 72.3 Å². The molecule has 5 nitrogen and oxygen atoms in total. The van der Waals surface area contributed by atoms with Crippen LogP contribution in [0.1, 0.15) is 22.3 Å². The van der Waals surface area contributed by atoms with Crippen LogP contribution in [0.4, 0.5) is 13.2 Å². The van der Waals surface area contributed by atoms with Crippen molar-refractivity contribution in [1.82, 2.24) is 14.2 Å². The van der Waals surface area contributed by atoms with Gasteiger partial charge < -0.3 is 4.57 Å². The van der Waals surface area contributed by atoms with Crippen LogP contribution in [0.2, 0.25) is 0 Å². The number of fused-ring (bicyclic) bond motifs is 2. The van der Waals surface area contributed by atoms with Crippen molar-refractivity contribution in [2.24, 2.45) is 5.10 Å². The van der Waals surface area contributed by atoms with Crippen molar-refractivity contribution in [2.75, 3.05) is 0 Å². The molecule has 0 saturated carbocycles. The van der Waals surface area contributed by atoms with Crippen LogP contribution in [0.25, 0.3) is 33.2 Å². The van der Waals surface area contributed by atoms with Gasteiger partial charge in [-0.2, -0.15) is 22.9 Å². The Labute approximate surface area is 227 Å². The van der Waals surface area contributed by atoms with Crippen molar-refractivity contribution in [3.63, 3.8) is 0 Å². The molecule has 8 heteroatoms. The van der Waals surface area contributed by atoms with Crippen molar-refractivity contribution < 1.29 is 13.2 Å². The third kappa shape index (κ3) is 4.80. The summed E-state index contributed by atoms with van der Waals surface area (Å²) in [6.07, 6.45) is -1.02. The molecule has 6 rings (SSSR count). The number of benzene rings is 4. The molecule has 0 unspecified atom stereocenters. The summed E-state index contributed by atoms with van der Waals surface area (Å²) in [4.78, 5) is 18.1. The molecule has 2 aromatic heterocycles. The first-order valence-electron chi connectivity index (χ1n) is 12.7. The highest BCUT2D eigenvalue weighted by Crippen LogP contribution is 2.32. The molecule has 40 heavy (non-hydrogen) atoms. The van der Waals surface area contributed by atoms with E-state index < -0.39 is 17.3 Å². The van der Waals surface area contributed by atoms with E-state index in [1.165, 1.54) is 17.7 Å². The maximum atomic E-state index is 13.5. The van der Waals surface area contributed by atoms with E-state index in [4.69, 9.17) is 0 Å². The van der Waals surface area contributed by atoms with Gasteiger partial charge in [0.25, 0.3) is 5.56 Å². The highest BCUT2D eigenvalue weighted by molar-refractivity contribution is 5.99. The molecule has 0 aliphatic rings. The molecule has 6 aromatic rings. The molecular formula is C32H23F3N4O. The average molecular weight is 537 g/mol. The number of halogens is 3. The quantitative estimate of drug-likeness (QED) is 0.218. The number of para-hydroxylation sites is 2. The first kappa shape index (κ1) is 25.3. The first-order chi connectivity index (χ1) is 19.3. The number of rotatable bonds is 5. The van der Waals surface area contributed by atoms with Crippen LogP contribution in [0, 0.1) is 6.92 Å². The maximum absolute atomic E-state index is 13.5. The first-order valence-corrected chi connectivity index (χ1v) is 12.7. The van der Waals surface area contributed by atoms with Crippen LogP contribution in [-0.4, -0.2) is 20.4 Å².